The number of ether oxygens (including phenoxy) is 1. The van der Waals surface area contributed by atoms with Crippen LogP contribution < -0.4 is 5.32 Å². The molecule has 2 aliphatic heterocycles. The topological polar surface area (TPSA) is 61.9 Å². The normalized spacial score (nSPS) is 25.9. The number of hydrogen-bond donors (Lipinski definition) is 1. The van der Waals surface area contributed by atoms with Gasteiger partial charge < -0.3 is 15.0 Å². The summed E-state index contributed by atoms with van der Waals surface area (Å²) in [6.45, 7) is 8.95. The molecule has 0 bridgehead atoms. The van der Waals surface area contributed by atoms with Gasteiger partial charge in [-0.2, -0.15) is 0 Å². The van der Waals surface area contributed by atoms with E-state index in [0.717, 1.165) is 32.5 Å². The van der Waals surface area contributed by atoms with Crippen molar-refractivity contribution in [3.05, 3.63) is 35.9 Å². The highest BCUT2D eigenvalue weighted by atomic mass is 16.5. The Labute approximate surface area is 168 Å². The molecular weight excluding hydrogens is 354 g/mol. The van der Waals surface area contributed by atoms with Crippen LogP contribution in [-0.2, 0) is 20.7 Å². The van der Waals surface area contributed by atoms with E-state index in [-0.39, 0.29) is 29.9 Å². The van der Waals surface area contributed by atoms with Crippen LogP contribution in [0.25, 0.3) is 0 Å². The Balaban J connectivity index is 1.34. The molecule has 1 aromatic carbocycles. The number of rotatable bonds is 8. The summed E-state index contributed by atoms with van der Waals surface area (Å²) < 4.78 is 5.75. The Bertz CT molecular complexity index is 642. The molecule has 154 valence electrons. The molecule has 0 unspecified atom stereocenters. The fourth-order valence-electron chi connectivity index (χ4n) is 4.20. The molecule has 6 nitrogen and oxygen atoms in total. The highest BCUT2D eigenvalue weighted by Crippen LogP contribution is 2.18. The van der Waals surface area contributed by atoms with Crippen molar-refractivity contribution >= 4 is 11.8 Å². The van der Waals surface area contributed by atoms with Gasteiger partial charge in [0, 0.05) is 45.7 Å². The van der Waals surface area contributed by atoms with Gasteiger partial charge in [-0.25, -0.2) is 0 Å². The van der Waals surface area contributed by atoms with Crippen LogP contribution in [0.3, 0.4) is 0 Å². The first-order valence-corrected chi connectivity index (χ1v) is 10.5. The monoisotopic (exact) mass is 387 g/mol. The van der Waals surface area contributed by atoms with E-state index in [1.807, 2.05) is 23.1 Å². The van der Waals surface area contributed by atoms with Crippen LogP contribution in [0.15, 0.2) is 30.3 Å². The highest BCUT2D eigenvalue weighted by Gasteiger charge is 2.33. The van der Waals surface area contributed by atoms with Gasteiger partial charge in [-0.15, -0.1) is 0 Å². The van der Waals surface area contributed by atoms with E-state index in [1.165, 1.54) is 5.56 Å². The molecule has 0 spiro atoms. The van der Waals surface area contributed by atoms with Crippen molar-refractivity contribution < 1.29 is 14.3 Å². The number of benzene rings is 1. The van der Waals surface area contributed by atoms with Gasteiger partial charge in [0.1, 0.15) is 0 Å². The summed E-state index contributed by atoms with van der Waals surface area (Å²) in [5.74, 6) is -0.113. The molecule has 2 fully saturated rings. The lowest BCUT2D eigenvalue weighted by atomic mass is 10.1. The molecule has 28 heavy (non-hydrogen) atoms. The summed E-state index contributed by atoms with van der Waals surface area (Å²) in [4.78, 5) is 28.9. The van der Waals surface area contributed by atoms with Gasteiger partial charge >= 0.3 is 0 Å². The third-order valence-electron chi connectivity index (χ3n) is 5.54. The van der Waals surface area contributed by atoms with Gasteiger partial charge in [0.2, 0.25) is 11.8 Å². The van der Waals surface area contributed by atoms with Crippen molar-refractivity contribution in [2.75, 3.05) is 39.3 Å². The van der Waals surface area contributed by atoms with Crippen molar-refractivity contribution in [2.24, 2.45) is 5.92 Å². The third kappa shape index (κ3) is 6.04. The Morgan fingerprint density at radius 2 is 1.82 bits per heavy atom. The molecule has 0 aliphatic carbocycles. The van der Waals surface area contributed by atoms with Crippen molar-refractivity contribution in [3.63, 3.8) is 0 Å². The second kappa shape index (κ2) is 10.0. The maximum absolute atomic E-state index is 12.4. The first kappa shape index (κ1) is 20.8. The maximum Gasteiger partial charge on any atom is 0.225 e. The van der Waals surface area contributed by atoms with Gasteiger partial charge in [-0.05, 0) is 32.3 Å². The summed E-state index contributed by atoms with van der Waals surface area (Å²) in [6, 6.07) is 10.2. The number of amides is 2. The molecule has 0 radical (unpaired) electrons. The standard InChI is InChI=1S/C22H33N3O3/c1-17-14-24(15-18(2)28-17)11-6-10-23-22(27)20-13-21(26)25(16-20)12-9-19-7-4-3-5-8-19/h3-5,7-8,17-18,20H,6,9-16H2,1-2H3,(H,23,27)/t17-,18+,20-/m0/s1. The molecule has 0 aromatic heterocycles. The highest BCUT2D eigenvalue weighted by molar-refractivity contribution is 5.89. The third-order valence-corrected chi connectivity index (χ3v) is 5.54. The quantitative estimate of drug-likeness (QED) is 0.690. The van der Waals surface area contributed by atoms with E-state index in [2.05, 4.69) is 36.2 Å². The lowest BCUT2D eigenvalue weighted by Gasteiger charge is -2.35. The minimum Gasteiger partial charge on any atom is -0.373 e. The van der Waals surface area contributed by atoms with Gasteiger partial charge in [0.25, 0.3) is 0 Å². The van der Waals surface area contributed by atoms with Gasteiger partial charge in [0.05, 0.1) is 18.1 Å². The first-order chi connectivity index (χ1) is 13.5. The average molecular weight is 388 g/mol. The summed E-state index contributed by atoms with van der Waals surface area (Å²) >= 11 is 0. The molecule has 3 rings (SSSR count). The number of morpholine rings is 1. The molecule has 0 saturated carbocycles. The van der Waals surface area contributed by atoms with Crippen molar-refractivity contribution in [2.45, 2.75) is 45.3 Å². The fraction of sp³-hybridized carbons (Fsp3) is 0.636. The minimum atomic E-state index is -0.216. The Morgan fingerprint density at radius 3 is 2.54 bits per heavy atom. The largest absolute Gasteiger partial charge is 0.373 e. The number of likely N-dealkylation sites (tertiary alicyclic amines) is 1. The van der Waals surface area contributed by atoms with Crippen LogP contribution in [0.2, 0.25) is 0 Å². The van der Waals surface area contributed by atoms with Crippen molar-refractivity contribution in [1.82, 2.24) is 15.1 Å². The molecule has 3 atom stereocenters. The Morgan fingerprint density at radius 1 is 1.11 bits per heavy atom. The number of hydrogen-bond acceptors (Lipinski definition) is 4. The predicted octanol–water partition coefficient (Wildman–Crippen LogP) is 1.69. The molecule has 2 saturated heterocycles. The van der Waals surface area contributed by atoms with Crippen LogP contribution in [0.5, 0.6) is 0 Å². The molecule has 6 heteroatoms. The second-order valence-corrected chi connectivity index (χ2v) is 8.14. The molecule has 2 aliphatic rings. The van der Waals surface area contributed by atoms with Gasteiger partial charge in [-0.1, -0.05) is 30.3 Å². The summed E-state index contributed by atoms with van der Waals surface area (Å²) in [7, 11) is 0. The molecule has 2 heterocycles. The van der Waals surface area contributed by atoms with E-state index in [0.29, 0.717) is 26.1 Å². The average Bonchev–Trinajstić information content (AvgIpc) is 3.04. The zero-order chi connectivity index (χ0) is 19.9. The second-order valence-electron chi connectivity index (χ2n) is 8.14. The number of nitrogens with zero attached hydrogens (tertiary/aromatic N) is 2. The zero-order valence-corrected chi connectivity index (χ0v) is 17.1. The summed E-state index contributed by atoms with van der Waals surface area (Å²) in [5, 5.41) is 3.03. The number of nitrogens with one attached hydrogen (secondary N) is 1. The molecule has 2 amide bonds. The van der Waals surface area contributed by atoms with E-state index < -0.39 is 0 Å². The number of carbonyl (C=O) groups is 2. The first-order valence-electron chi connectivity index (χ1n) is 10.5. The summed E-state index contributed by atoms with van der Waals surface area (Å²) in [5.41, 5.74) is 1.22. The van der Waals surface area contributed by atoms with Crippen LogP contribution in [0.4, 0.5) is 0 Å². The van der Waals surface area contributed by atoms with Crippen LogP contribution in [-0.4, -0.2) is 73.1 Å². The van der Waals surface area contributed by atoms with E-state index in [4.69, 9.17) is 4.74 Å². The zero-order valence-electron chi connectivity index (χ0n) is 17.1. The smallest absolute Gasteiger partial charge is 0.225 e. The van der Waals surface area contributed by atoms with Crippen molar-refractivity contribution in [1.29, 1.82) is 0 Å². The van der Waals surface area contributed by atoms with Gasteiger partial charge in [-0.3, -0.25) is 14.5 Å². The van der Waals surface area contributed by atoms with Crippen LogP contribution >= 0.6 is 0 Å². The summed E-state index contributed by atoms with van der Waals surface area (Å²) in [6.07, 6.45) is 2.62. The minimum absolute atomic E-state index is 0.0132. The fourth-order valence-corrected chi connectivity index (χ4v) is 4.20. The van der Waals surface area contributed by atoms with E-state index in [9.17, 15) is 9.59 Å². The SMILES string of the molecule is C[C@@H]1CN(CCCNC(=O)[C@H]2CC(=O)N(CCc3ccccc3)C2)C[C@H](C)O1. The number of carbonyl (C=O) groups excluding carboxylic acids is 2. The lowest BCUT2D eigenvalue weighted by Crippen LogP contribution is -2.46. The Hall–Kier alpha value is -1.92. The molecule has 1 aromatic rings. The lowest BCUT2D eigenvalue weighted by molar-refractivity contribution is -0.129. The Kier molecular flexibility index (Phi) is 7.45. The molecular formula is C22H33N3O3. The maximum atomic E-state index is 12.4. The van der Waals surface area contributed by atoms with Crippen molar-refractivity contribution in [3.8, 4) is 0 Å². The van der Waals surface area contributed by atoms with E-state index >= 15 is 0 Å². The van der Waals surface area contributed by atoms with Crippen LogP contribution in [0, 0.1) is 5.92 Å². The molecule has 1 N–H and O–H groups in total. The van der Waals surface area contributed by atoms with E-state index in [1.54, 1.807) is 0 Å². The van der Waals surface area contributed by atoms with Gasteiger partial charge in [0.15, 0.2) is 0 Å². The van der Waals surface area contributed by atoms with Crippen LogP contribution in [0.1, 0.15) is 32.3 Å². The predicted molar refractivity (Wildman–Crippen MR) is 109 cm³/mol.